The lowest BCUT2D eigenvalue weighted by molar-refractivity contribution is -0.384. The van der Waals surface area contributed by atoms with E-state index in [1.807, 2.05) is 36.9 Å². The van der Waals surface area contributed by atoms with Crippen LogP contribution in [0, 0.1) is 10.1 Å². The molecule has 1 aromatic carbocycles. The van der Waals surface area contributed by atoms with E-state index in [0.29, 0.717) is 17.8 Å². The first kappa shape index (κ1) is 18.8. The summed E-state index contributed by atoms with van der Waals surface area (Å²) in [5, 5.41) is 14.7. The van der Waals surface area contributed by atoms with Crippen molar-refractivity contribution in [3.63, 3.8) is 0 Å². The Balaban J connectivity index is 1.84. The van der Waals surface area contributed by atoms with E-state index in [1.165, 1.54) is 6.07 Å². The number of aromatic nitrogens is 1. The molecule has 2 aromatic rings. The van der Waals surface area contributed by atoms with Crippen molar-refractivity contribution in [1.82, 2.24) is 9.88 Å². The molecule has 1 fully saturated rings. The SMILES string of the molecule is CCN(C(=O)c1ccc(N[C@@H](C)c2ccccn2)c([N+](=O)[O-])c1)C1CCC1. The van der Waals surface area contributed by atoms with Crippen molar-refractivity contribution < 1.29 is 9.72 Å². The van der Waals surface area contributed by atoms with Crippen LogP contribution in [0.3, 0.4) is 0 Å². The Morgan fingerprint density at radius 3 is 2.70 bits per heavy atom. The van der Waals surface area contributed by atoms with E-state index in [0.717, 1.165) is 25.0 Å². The molecule has 7 heteroatoms. The van der Waals surface area contributed by atoms with Crippen LogP contribution in [0.25, 0.3) is 0 Å². The van der Waals surface area contributed by atoms with Gasteiger partial charge in [0, 0.05) is 30.4 Å². The van der Waals surface area contributed by atoms with Crippen molar-refractivity contribution in [2.24, 2.45) is 0 Å². The molecule has 0 radical (unpaired) electrons. The van der Waals surface area contributed by atoms with Crippen LogP contribution in [-0.2, 0) is 0 Å². The molecule has 142 valence electrons. The number of carbonyl (C=O) groups excluding carboxylic acids is 1. The number of nitro groups is 1. The van der Waals surface area contributed by atoms with Crippen molar-refractivity contribution in [3.8, 4) is 0 Å². The summed E-state index contributed by atoms with van der Waals surface area (Å²) in [5.41, 5.74) is 1.41. The van der Waals surface area contributed by atoms with E-state index >= 15 is 0 Å². The smallest absolute Gasteiger partial charge is 0.293 e. The number of pyridine rings is 1. The molecule has 0 unspecified atom stereocenters. The highest BCUT2D eigenvalue weighted by Gasteiger charge is 2.29. The Kier molecular flexibility index (Phi) is 5.69. The molecule has 27 heavy (non-hydrogen) atoms. The minimum Gasteiger partial charge on any atom is -0.371 e. The van der Waals surface area contributed by atoms with Gasteiger partial charge in [-0.15, -0.1) is 0 Å². The summed E-state index contributed by atoms with van der Waals surface area (Å²) in [6, 6.07) is 10.2. The van der Waals surface area contributed by atoms with Gasteiger partial charge in [0.05, 0.1) is 16.7 Å². The molecule has 1 saturated carbocycles. The monoisotopic (exact) mass is 368 g/mol. The number of hydrogen-bond acceptors (Lipinski definition) is 5. The third kappa shape index (κ3) is 4.07. The molecule has 1 aliphatic rings. The molecule has 1 atom stereocenters. The van der Waals surface area contributed by atoms with Gasteiger partial charge in [-0.1, -0.05) is 6.07 Å². The van der Waals surface area contributed by atoms with E-state index in [1.54, 1.807) is 18.3 Å². The van der Waals surface area contributed by atoms with Crippen molar-refractivity contribution >= 4 is 17.3 Å². The first-order valence-corrected chi connectivity index (χ1v) is 9.28. The lowest BCUT2D eigenvalue weighted by atomic mass is 9.91. The summed E-state index contributed by atoms with van der Waals surface area (Å²) in [6.45, 7) is 4.43. The van der Waals surface area contributed by atoms with E-state index in [9.17, 15) is 14.9 Å². The van der Waals surface area contributed by atoms with Crippen molar-refractivity contribution in [2.45, 2.75) is 45.2 Å². The Bertz CT molecular complexity index is 821. The van der Waals surface area contributed by atoms with Crippen LogP contribution in [0.4, 0.5) is 11.4 Å². The number of nitrogens with zero attached hydrogens (tertiary/aromatic N) is 3. The molecule has 1 aliphatic carbocycles. The number of anilines is 1. The summed E-state index contributed by atoms with van der Waals surface area (Å²) >= 11 is 0. The molecule has 0 bridgehead atoms. The maximum Gasteiger partial charge on any atom is 0.293 e. The Morgan fingerprint density at radius 2 is 2.15 bits per heavy atom. The van der Waals surface area contributed by atoms with Gasteiger partial charge < -0.3 is 10.2 Å². The molecule has 0 aliphatic heterocycles. The van der Waals surface area contributed by atoms with E-state index in [2.05, 4.69) is 10.3 Å². The topological polar surface area (TPSA) is 88.4 Å². The van der Waals surface area contributed by atoms with Crippen LogP contribution < -0.4 is 5.32 Å². The molecule has 1 aromatic heterocycles. The fourth-order valence-corrected chi connectivity index (χ4v) is 3.31. The van der Waals surface area contributed by atoms with Gasteiger partial charge in [0.1, 0.15) is 5.69 Å². The van der Waals surface area contributed by atoms with Crippen molar-refractivity contribution in [3.05, 3.63) is 64.0 Å². The fraction of sp³-hybridized carbons (Fsp3) is 0.400. The van der Waals surface area contributed by atoms with Crippen molar-refractivity contribution in [2.75, 3.05) is 11.9 Å². The number of nitro benzene ring substituents is 1. The molecule has 1 N–H and O–H groups in total. The molecule has 7 nitrogen and oxygen atoms in total. The third-order valence-electron chi connectivity index (χ3n) is 5.06. The standard InChI is InChI=1S/C20H24N4O3/c1-3-23(16-7-6-8-16)20(25)15-10-11-18(19(13-15)24(26)27)22-14(2)17-9-4-5-12-21-17/h4-5,9-14,16,22H,3,6-8H2,1-2H3/t14-/m0/s1. The van der Waals surface area contributed by atoms with E-state index in [4.69, 9.17) is 0 Å². The molecular formula is C20H24N4O3. The Labute approximate surface area is 158 Å². The summed E-state index contributed by atoms with van der Waals surface area (Å²) in [4.78, 5) is 30.0. The van der Waals surface area contributed by atoms with E-state index in [-0.39, 0.29) is 23.7 Å². The average Bonchev–Trinajstić information content (AvgIpc) is 2.64. The molecule has 3 rings (SSSR count). The van der Waals surface area contributed by atoms with Crippen molar-refractivity contribution in [1.29, 1.82) is 0 Å². The summed E-state index contributed by atoms with van der Waals surface area (Å²) in [7, 11) is 0. The van der Waals surface area contributed by atoms with Gasteiger partial charge >= 0.3 is 0 Å². The first-order chi connectivity index (χ1) is 13.0. The number of amides is 1. The summed E-state index contributed by atoms with van der Waals surface area (Å²) in [5.74, 6) is -0.144. The van der Waals surface area contributed by atoms with Gasteiger partial charge in [-0.2, -0.15) is 0 Å². The van der Waals surface area contributed by atoms with Gasteiger partial charge in [-0.25, -0.2) is 0 Å². The zero-order valence-electron chi connectivity index (χ0n) is 15.6. The van der Waals surface area contributed by atoms with Crippen LogP contribution in [0.15, 0.2) is 42.6 Å². The Hall–Kier alpha value is -2.96. The normalized spacial score (nSPS) is 14.9. The largest absolute Gasteiger partial charge is 0.371 e. The maximum absolute atomic E-state index is 12.8. The fourth-order valence-electron chi connectivity index (χ4n) is 3.31. The highest BCUT2D eigenvalue weighted by Crippen LogP contribution is 2.31. The predicted molar refractivity (Wildman–Crippen MR) is 104 cm³/mol. The van der Waals surface area contributed by atoms with Gasteiger partial charge in [0.25, 0.3) is 11.6 Å². The number of nitrogens with one attached hydrogen (secondary N) is 1. The van der Waals surface area contributed by atoms with Gasteiger partial charge in [-0.3, -0.25) is 19.9 Å². The second kappa shape index (κ2) is 8.16. The minimum atomic E-state index is -0.454. The van der Waals surface area contributed by atoms with Gasteiger partial charge in [-0.05, 0) is 57.4 Å². The zero-order chi connectivity index (χ0) is 19.4. The number of hydrogen-bond donors (Lipinski definition) is 1. The highest BCUT2D eigenvalue weighted by molar-refractivity contribution is 5.96. The number of carbonyl (C=O) groups is 1. The summed E-state index contributed by atoms with van der Waals surface area (Å²) in [6.07, 6.45) is 4.82. The van der Waals surface area contributed by atoms with Gasteiger partial charge in [0.2, 0.25) is 0 Å². The minimum absolute atomic E-state index is 0.103. The van der Waals surface area contributed by atoms with Crippen LogP contribution >= 0.6 is 0 Å². The number of benzene rings is 1. The Morgan fingerprint density at radius 1 is 1.37 bits per heavy atom. The molecule has 0 saturated heterocycles. The molecule has 1 heterocycles. The average molecular weight is 368 g/mol. The second-order valence-electron chi connectivity index (χ2n) is 6.79. The first-order valence-electron chi connectivity index (χ1n) is 9.28. The molecule has 0 spiro atoms. The second-order valence-corrected chi connectivity index (χ2v) is 6.79. The third-order valence-corrected chi connectivity index (χ3v) is 5.06. The van der Waals surface area contributed by atoms with Crippen LogP contribution in [0.1, 0.15) is 55.2 Å². The van der Waals surface area contributed by atoms with Crippen LogP contribution in [0.2, 0.25) is 0 Å². The number of rotatable bonds is 7. The quantitative estimate of drug-likeness (QED) is 0.585. The maximum atomic E-state index is 12.8. The zero-order valence-corrected chi connectivity index (χ0v) is 15.6. The van der Waals surface area contributed by atoms with Crippen LogP contribution in [0.5, 0.6) is 0 Å². The highest BCUT2D eigenvalue weighted by atomic mass is 16.6. The lowest BCUT2D eigenvalue weighted by Gasteiger charge is -2.37. The lowest BCUT2D eigenvalue weighted by Crippen LogP contribution is -2.44. The van der Waals surface area contributed by atoms with Crippen LogP contribution in [-0.4, -0.2) is 33.3 Å². The molecule has 1 amide bonds. The summed E-state index contributed by atoms with van der Waals surface area (Å²) < 4.78 is 0. The predicted octanol–water partition coefficient (Wildman–Crippen LogP) is 4.18. The van der Waals surface area contributed by atoms with E-state index < -0.39 is 4.92 Å². The molecular weight excluding hydrogens is 344 g/mol. The van der Waals surface area contributed by atoms with Gasteiger partial charge in [0.15, 0.2) is 0 Å².